The molecule has 1 heterocycles. The summed E-state index contributed by atoms with van der Waals surface area (Å²) < 4.78 is 28.4. The van der Waals surface area contributed by atoms with Crippen molar-refractivity contribution in [3.8, 4) is 5.75 Å². The highest BCUT2D eigenvalue weighted by Crippen LogP contribution is 2.22. The molecule has 0 aromatic heterocycles. The molecular weight excluding hydrogens is 262 g/mol. The van der Waals surface area contributed by atoms with Crippen LogP contribution in [-0.2, 0) is 16.4 Å². The number of hydrogen-bond acceptors (Lipinski definition) is 4. The van der Waals surface area contributed by atoms with E-state index in [-0.39, 0.29) is 17.6 Å². The van der Waals surface area contributed by atoms with E-state index < -0.39 is 9.84 Å². The van der Waals surface area contributed by atoms with E-state index in [4.69, 9.17) is 4.74 Å². The minimum atomic E-state index is -2.87. The van der Waals surface area contributed by atoms with E-state index in [0.717, 1.165) is 12.3 Å². The van der Waals surface area contributed by atoms with E-state index in [1.165, 1.54) is 18.4 Å². The van der Waals surface area contributed by atoms with E-state index >= 15 is 0 Å². The van der Waals surface area contributed by atoms with E-state index in [0.29, 0.717) is 12.5 Å². The Morgan fingerprint density at radius 3 is 2.47 bits per heavy atom. The summed E-state index contributed by atoms with van der Waals surface area (Å²) in [5, 5.41) is 3.46. The van der Waals surface area contributed by atoms with Crippen LogP contribution in [0, 0.1) is 0 Å². The molecule has 0 amide bonds. The molecule has 1 unspecified atom stereocenters. The summed E-state index contributed by atoms with van der Waals surface area (Å²) in [7, 11) is -2.87. The average molecular weight is 281 g/mol. The maximum absolute atomic E-state index is 11.4. The molecule has 104 valence electrons. The van der Waals surface area contributed by atoms with Gasteiger partial charge in [0.2, 0.25) is 0 Å². The first kappa shape index (κ1) is 12.9. The van der Waals surface area contributed by atoms with Crippen molar-refractivity contribution in [2.24, 2.45) is 0 Å². The lowest BCUT2D eigenvalue weighted by atomic mass is 10.2. The molecule has 1 aromatic rings. The van der Waals surface area contributed by atoms with Gasteiger partial charge in [0.1, 0.15) is 11.9 Å². The lowest BCUT2D eigenvalue weighted by molar-refractivity contribution is 0.229. The molecule has 0 radical (unpaired) electrons. The molecule has 2 fully saturated rings. The van der Waals surface area contributed by atoms with Crippen molar-refractivity contribution in [1.82, 2.24) is 5.32 Å². The first-order chi connectivity index (χ1) is 9.11. The fraction of sp³-hybridized carbons (Fsp3) is 0.571. The molecule has 1 saturated heterocycles. The summed E-state index contributed by atoms with van der Waals surface area (Å²) >= 11 is 0. The first-order valence-electron chi connectivity index (χ1n) is 6.80. The first-order valence-corrected chi connectivity index (χ1v) is 8.62. The van der Waals surface area contributed by atoms with Crippen molar-refractivity contribution in [1.29, 1.82) is 0 Å². The number of rotatable bonds is 5. The van der Waals surface area contributed by atoms with E-state index in [9.17, 15) is 8.42 Å². The monoisotopic (exact) mass is 281 g/mol. The van der Waals surface area contributed by atoms with Crippen molar-refractivity contribution < 1.29 is 13.2 Å². The molecule has 5 heteroatoms. The van der Waals surface area contributed by atoms with Gasteiger partial charge in [-0.1, -0.05) is 12.1 Å². The second-order valence-corrected chi connectivity index (χ2v) is 7.67. The van der Waals surface area contributed by atoms with Gasteiger partial charge in [-0.2, -0.15) is 0 Å². The van der Waals surface area contributed by atoms with Crippen LogP contribution in [0.3, 0.4) is 0 Å². The van der Waals surface area contributed by atoms with Crippen LogP contribution in [0.2, 0.25) is 0 Å². The number of hydrogen-bond donors (Lipinski definition) is 1. The molecule has 3 rings (SSSR count). The molecule has 2 aliphatic rings. The molecule has 1 aliphatic carbocycles. The Balaban J connectivity index is 1.53. The van der Waals surface area contributed by atoms with Crippen molar-refractivity contribution in [3.05, 3.63) is 29.8 Å². The van der Waals surface area contributed by atoms with Gasteiger partial charge < -0.3 is 10.1 Å². The standard InChI is InChI=1S/C14H19NO3S/c16-19(17)8-7-14(10-19)18-13-5-1-11(2-6-13)9-15-12-3-4-12/h1-2,5-6,12,14-15H,3-4,7-10H2. The Hall–Kier alpha value is -1.07. The molecule has 1 atom stereocenters. The lowest BCUT2D eigenvalue weighted by Crippen LogP contribution is -2.18. The van der Waals surface area contributed by atoms with E-state index in [2.05, 4.69) is 5.32 Å². The van der Waals surface area contributed by atoms with Crippen LogP contribution in [0.5, 0.6) is 5.75 Å². The summed E-state index contributed by atoms with van der Waals surface area (Å²) in [5.74, 6) is 1.16. The highest BCUT2D eigenvalue weighted by Gasteiger charge is 2.29. The van der Waals surface area contributed by atoms with Gasteiger partial charge in [0.25, 0.3) is 0 Å². The van der Waals surface area contributed by atoms with Crippen LogP contribution < -0.4 is 10.1 Å². The van der Waals surface area contributed by atoms with Crippen molar-refractivity contribution in [2.75, 3.05) is 11.5 Å². The predicted octanol–water partition coefficient (Wildman–Crippen LogP) is 1.50. The number of nitrogens with one attached hydrogen (secondary N) is 1. The third kappa shape index (κ3) is 3.70. The number of ether oxygens (including phenoxy) is 1. The molecule has 4 nitrogen and oxygen atoms in total. The zero-order chi connectivity index (χ0) is 13.3. The normalized spacial score (nSPS) is 25.4. The zero-order valence-electron chi connectivity index (χ0n) is 10.8. The number of benzene rings is 1. The maximum Gasteiger partial charge on any atom is 0.154 e. The molecule has 1 saturated carbocycles. The summed E-state index contributed by atoms with van der Waals surface area (Å²) in [6.45, 7) is 0.892. The van der Waals surface area contributed by atoms with E-state index in [1.54, 1.807) is 0 Å². The zero-order valence-corrected chi connectivity index (χ0v) is 11.7. The SMILES string of the molecule is O=S1(=O)CCC(Oc2ccc(CNC3CC3)cc2)C1. The quantitative estimate of drug-likeness (QED) is 0.889. The summed E-state index contributed by atoms with van der Waals surface area (Å²) in [4.78, 5) is 0. The third-order valence-electron chi connectivity index (χ3n) is 3.59. The van der Waals surface area contributed by atoms with Gasteiger partial charge >= 0.3 is 0 Å². The summed E-state index contributed by atoms with van der Waals surface area (Å²) in [5.41, 5.74) is 1.23. The van der Waals surface area contributed by atoms with Crippen LogP contribution in [0.25, 0.3) is 0 Å². The Bertz CT molecular complexity index is 534. The summed E-state index contributed by atoms with van der Waals surface area (Å²) in [6, 6.07) is 8.63. The van der Waals surface area contributed by atoms with Crippen molar-refractivity contribution in [3.63, 3.8) is 0 Å². The molecule has 1 aliphatic heterocycles. The van der Waals surface area contributed by atoms with Gasteiger partial charge in [0.05, 0.1) is 11.5 Å². The lowest BCUT2D eigenvalue weighted by Gasteiger charge is -2.12. The highest BCUT2D eigenvalue weighted by atomic mass is 32.2. The Kier molecular flexibility index (Phi) is 3.50. The van der Waals surface area contributed by atoms with Gasteiger partial charge in [-0.05, 0) is 37.0 Å². The van der Waals surface area contributed by atoms with Gasteiger partial charge in [-0.25, -0.2) is 8.42 Å². The van der Waals surface area contributed by atoms with Crippen molar-refractivity contribution >= 4 is 9.84 Å². The van der Waals surface area contributed by atoms with Crippen LogP contribution >= 0.6 is 0 Å². The average Bonchev–Trinajstić information content (AvgIpc) is 3.14. The topological polar surface area (TPSA) is 55.4 Å². The smallest absolute Gasteiger partial charge is 0.154 e. The van der Waals surface area contributed by atoms with Gasteiger partial charge in [-0.3, -0.25) is 0 Å². The Morgan fingerprint density at radius 1 is 1.16 bits per heavy atom. The Morgan fingerprint density at radius 2 is 1.89 bits per heavy atom. The van der Waals surface area contributed by atoms with Gasteiger partial charge in [-0.15, -0.1) is 0 Å². The minimum absolute atomic E-state index is 0.151. The second kappa shape index (κ2) is 5.13. The predicted molar refractivity (Wildman–Crippen MR) is 74.0 cm³/mol. The largest absolute Gasteiger partial charge is 0.489 e. The summed E-state index contributed by atoms with van der Waals surface area (Å²) in [6.07, 6.45) is 3.00. The van der Waals surface area contributed by atoms with Crippen LogP contribution in [0.1, 0.15) is 24.8 Å². The van der Waals surface area contributed by atoms with Gasteiger partial charge in [0.15, 0.2) is 9.84 Å². The molecule has 1 aromatic carbocycles. The fourth-order valence-corrected chi connectivity index (χ4v) is 3.87. The molecule has 0 bridgehead atoms. The fourth-order valence-electron chi connectivity index (χ4n) is 2.28. The second-order valence-electron chi connectivity index (χ2n) is 5.44. The third-order valence-corrected chi connectivity index (χ3v) is 5.33. The van der Waals surface area contributed by atoms with Crippen LogP contribution in [-0.4, -0.2) is 32.1 Å². The molecule has 0 spiro atoms. The molecular formula is C14H19NO3S. The Labute approximate surface area is 114 Å². The van der Waals surface area contributed by atoms with Crippen molar-refractivity contribution in [2.45, 2.75) is 38.0 Å². The minimum Gasteiger partial charge on any atom is -0.489 e. The van der Waals surface area contributed by atoms with Crippen LogP contribution in [0.15, 0.2) is 24.3 Å². The van der Waals surface area contributed by atoms with E-state index in [1.807, 2.05) is 24.3 Å². The van der Waals surface area contributed by atoms with Gasteiger partial charge in [0, 0.05) is 12.6 Å². The molecule has 1 N–H and O–H groups in total. The number of sulfone groups is 1. The molecule has 19 heavy (non-hydrogen) atoms. The maximum atomic E-state index is 11.4. The highest BCUT2D eigenvalue weighted by molar-refractivity contribution is 7.91. The van der Waals surface area contributed by atoms with Crippen LogP contribution in [0.4, 0.5) is 0 Å².